The van der Waals surface area contributed by atoms with Gasteiger partial charge in [-0.05, 0) is 103 Å². The van der Waals surface area contributed by atoms with Crippen LogP contribution < -0.4 is 27.0 Å². The predicted octanol–water partition coefficient (Wildman–Crippen LogP) is 13.7. The number of thioether (sulfide) groups is 1. The van der Waals surface area contributed by atoms with Crippen molar-refractivity contribution in [1.29, 1.82) is 0 Å². The largest absolute Gasteiger partial charge is 0.395 e. The number of piperazine rings is 1. The number of nitrogens with one attached hydrogen (secondary N) is 4. The maximum atomic E-state index is 13.3. The molecule has 682 valence electrons. The summed E-state index contributed by atoms with van der Waals surface area (Å²) in [6.07, 6.45) is 2.86. The molecule has 4 saturated heterocycles. The molecule has 4 fully saturated rings. The van der Waals surface area contributed by atoms with Crippen LogP contribution in [0, 0.1) is 27.7 Å². The molecule has 0 saturated carbocycles. The minimum atomic E-state index is -0.415. The summed E-state index contributed by atoms with van der Waals surface area (Å²) in [5.41, 5.74) is 17.1. The second-order valence-corrected chi connectivity index (χ2v) is 34.8. The number of aryl methyl sites for hydroxylation is 4. The number of carbonyl (C=O) groups is 15. The topological polar surface area (TPSA) is 356 Å². The first-order chi connectivity index (χ1) is 65.2. The Kier molecular flexibility index (Phi) is 29.5. The summed E-state index contributed by atoms with van der Waals surface area (Å²) in [4.78, 5) is 204. The maximum Gasteiger partial charge on any atom is 0.255 e. The molecule has 10 aromatic carbocycles. The number of rotatable bonds is 15. The Morgan fingerprint density at radius 2 is 0.548 bits per heavy atom. The number of Topliss-reactive ketones (excluding diaryl/α,β-unsaturated/α-hetero) is 11. The zero-order valence-electron chi connectivity index (χ0n) is 75.2. The van der Waals surface area contributed by atoms with Gasteiger partial charge >= 0.3 is 0 Å². The number of carbonyl (C=O) groups excluding carboxylic acids is 15. The number of nitrogens with two attached hydrogens (primary N) is 1. The number of nitrogens with zero attached hydrogens (tertiary/aromatic N) is 5. The summed E-state index contributed by atoms with van der Waals surface area (Å²) < 4.78 is 5.37. The van der Waals surface area contributed by atoms with Gasteiger partial charge in [-0.2, -0.15) is 11.8 Å². The predicted molar refractivity (Wildman–Crippen MR) is 511 cm³/mol. The van der Waals surface area contributed by atoms with Crippen molar-refractivity contribution >= 4 is 99.0 Å². The molecule has 5 aliphatic carbocycles. The third-order valence-corrected chi connectivity index (χ3v) is 25.4. The van der Waals surface area contributed by atoms with Gasteiger partial charge in [-0.25, -0.2) is 0 Å². The number of benzene rings is 10. The van der Waals surface area contributed by atoms with E-state index in [-0.39, 0.29) is 116 Å². The van der Waals surface area contributed by atoms with Crippen LogP contribution in [0.5, 0.6) is 0 Å². The van der Waals surface area contributed by atoms with Crippen LogP contribution in [0.1, 0.15) is 203 Å². The van der Waals surface area contributed by atoms with Gasteiger partial charge in [0.05, 0.1) is 18.9 Å². The third-order valence-electron chi connectivity index (χ3n) is 24.4. The summed E-state index contributed by atoms with van der Waals surface area (Å²) in [7, 11) is 2.02. The van der Waals surface area contributed by atoms with Crippen molar-refractivity contribution < 1.29 is 76.7 Å². The van der Waals surface area contributed by atoms with Crippen molar-refractivity contribution in [3.63, 3.8) is 0 Å². The minimum absolute atomic E-state index is 0.0381. The minimum Gasteiger partial charge on any atom is -0.395 e. The average Bonchev–Trinajstić information content (AvgIpc) is 0.787. The van der Waals surface area contributed by atoms with Gasteiger partial charge in [0, 0.05) is 172 Å². The molecule has 4 aliphatic heterocycles. The Bertz CT molecular complexity index is 6260. The van der Waals surface area contributed by atoms with Gasteiger partial charge in [0.1, 0.15) is 45.6 Å². The van der Waals surface area contributed by atoms with Gasteiger partial charge in [-0.3, -0.25) is 71.9 Å². The number of ether oxygens (including phenoxy) is 1. The lowest BCUT2D eigenvalue weighted by atomic mass is 9.84. The van der Waals surface area contributed by atoms with E-state index in [1.54, 1.807) is 200 Å². The Morgan fingerprint density at radius 3 is 0.859 bits per heavy atom. The Hall–Kier alpha value is -15.6. The Labute approximate surface area is 784 Å². The highest BCUT2D eigenvalue weighted by Gasteiger charge is 2.43. The van der Waals surface area contributed by atoms with E-state index in [2.05, 4.69) is 26.2 Å². The SMILES string of the molecule is Cc1ccc(C(=O)NC2=C(N3CCCCC3)C(=O)c3ccccc3C2=O)cc1.Cc1ccc(C(=O)NC2=C(N3CCN(C)CC3)C(=O)c3ccccc3C2=O)cc1.Cc1ccc(C(=O)NC2=C(N3CCOCC3)C(=O)c3ccccc3C2=O)cc1.Cc1ccc(C(=O)NC2=C(N3CCSCC3)C(=O)c3ccccc3C2=O)cc1.NC1=C(CC(=O)c2ccccc2)C(=O)c2ccccc2C1=O. The maximum absolute atomic E-state index is 13.3. The molecule has 9 aliphatic rings. The van der Waals surface area contributed by atoms with E-state index in [1.165, 1.54) is 0 Å². The fraction of sp³-hybridized carbons (Fsp3) is 0.213. The van der Waals surface area contributed by atoms with Gasteiger partial charge in [0.25, 0.3) is 23.6 Å². The molecule has 0 radical (unpaired) electrons. The first-order valence-electron chi connectivity index (χ1n) is 44.5. The van der Waals surface area contributed by atoms with Crippen molar-refractivity contribution in [2.75, 3.05) is 97.2 Å². The molecule has 27 heteroatoms. The first kappa shape index (κ1) is 94.1. The number of likely N-dealkylation sites (N-methyl/N-ethyl adjacent to an activating group) is 1. The van der Waals surface area contributed by atoms with Crippen LogP contribution >= 0.6 is 11.8 Å². The summed E-state index contributed by atoms with van der Waals surface area (Å²) in [6.45, 7) is 15.2. The number of hydrogen-bond acceptors (Lipinski definition) is 23. The van der Waals surface area contributed by atoms with Gasteiger partial charge in [-0.1, -0.05) is 222 Å². The molecule has 6 N–H and O–H groups in total. The summed E-state index contributed by atoms with van der Waals surface area (Å²) >= 11 is 1.82. The van der Waals surface area contributed by atoms with Gasteiger partial charge in [-0.15, -0.1) is 0 Å². The number of allylic oxidation sites excluding steroid dienone is 10. The van der Waals surface area contributed by atoms with Crippen LogP contribution in [0.4, 0.5) is 0 Å². The molecule has 135 heavy (non-hydrogen) atoms. The molecule has 0 bridgehead atoms. The van der Waals surface area contributed by atoms with Crippen LogP contribution in [-0.2, 0) is 4.74 Å². The number of hydrogen-bond donors (Lipinski definition) is 5. The molecule has 0 atom stereocenters. The second-order valence-electron chi connectivity index (χ2n) is 33.6. The van der Waals surface area contributed by atoms with Crippen molar-refractivity contribution in [3.05, 3.63) is 411 Å². The van der Waals surface area contributed by atoms with Gasteiger partial charge in [0.15, 0.2) is 11.6 Å². The summed E-state index contributed by atoms with van der Waals surface area (Å²) in [5, 5.41) is 11.0. The van der Waals surface area contributed by atoms with Crippen molar-refractivity contribution in [2.24, 2.45) is 5.73 Å². The molecule has 0 unspecified atom stereocenters. The normalized spacial score (nSPS) is 16.5. The van der Waals surface area contributed by atoms with Crippen molar-refractivity contribution in [1.82, 2.24) is 45.8 Å². The summed E-state index contributed by atoms with van der Waals surface area (Å²) in [5.74, 6) is -2.98. The summed E-state index contributed by atoms with van der Waals surface area (Å²) in [6, 6.07) is 70.6. The number of likely N-dealkylation sites (tertiary alicyclic amines) is 1. The standard InChI is InChI=1S/C23H23N3O3.C23H22N2O3.C22H20N2O4.C22H20N2O3S.C18H13NO3/c1-15-7-9-16(10-8-15)23(29)24-19-20(26-13-11-25(2)12-14-26)22(28)18-6-4-3-5-17(18)21(19)27;1-15-9-11-16(12-10-15)23(28)24-19-20(25-13-5-2-6-14-25)22(27)18-8-4-3-7-17(18)21(19)26;2*1-14-6-8-15(9-7-14)22(27)23-18-19(24-10-12-28-13-11-24)21(26)17-5-3-2-4-16(17)20(18)25;19-16-14(10-15(20)11-6-2-1-3-7-11)17(21)12-8-4-5-9-13(12)18(16)22/h3-10H,11-14H2,1-2H3,(H,24,29);3-4,7-12H,2,5-6,13-14H2,1H3,(H,24,28);2*2-9H,10-13H2,1H3,(H,23,27);1-9H,10,19H2. The molecular formula is C108H98N10O16S. The first-order valence-corrected chi connectivity index (χ1v) is 45.7. The van der Waals surface area contributed by atoms with E-state index < -0.39 is 17.6 Å². The van der Waals surface area contributed by atoms with E-state index in [0.717, 1.165) is 66.1 Å². The van der Waals surface area contributed by atoms with Crippen molar-refractivity contribution in [2.45, 2.75) is 53.4 Å². The molecule has 19 rings (SSSR count). The molecule has 10 aromatic rings. The van der Waals surface area contributed by atoms with E-state index in [1.807, 2.05) is 115 Å². The lowest BCUT2D eigenvalue weighted by Gasteiger charge is -2.37. The number of morpholine rings is 1. The zero-order chi connectivity index (χ0) is 95.3. The van der Waals surface area contributed by atoms with E-state index in [9.17, 15) is 71.9 Å². The van der Waals surface area contributed by atoms with Gasteiger partial charge < -0.3 is 56.2 Å². The second kappa shape index (κ2) is 42.3. The van der Waals surface area contributed by atoms with Crippen molar-refractivity contribution in [3.8, 4) is 0 Å². The quantitative estimate of drug-likeness (QED) is 0.0595. The smallest absolute Gasteiger partial charge is 0.255 e. The molecule has 26 nitrogen and oxygen atoms in total. The number of ketones is 11. The highest BCUT2D eigenvalue weighted by atomic mass is 32.2. The lowest BCUT2D eigenvalue weighted by molar-refractivity contribution is 0.0492. The monoisotopic (exact) mass is 1820 g/mol. The number of fused-ring (bicyclic) bond motifs is 5. The highest BCUT2D eigenvalue weighted by Crippen LogP contribution is 2.36. The lowest BCUT2D eigenvalue weighted by Crippen LogP contribution is -2.48. The van der Waals surface area contributed by atoms with E-state index >= 15 is 0 Å². The number of piperidine rings is 1. The van der Waals surface area contributed by atoms with E-state index in [0.29, 0.717) is 166 Å². The molecule has 0 spiro atoms. The zero-order valence-corrected chi connectivity index (χ0v) is 76.0. The molecule has 4 heterocycles. The van der Waals surface area contributed by atoms with E-state index in [4.69, 9.17) is 10.5 Å². The highest BCUT2D eigenvalue weighted by molar-refractivity contribution is 7.99. The Balaban J connectivity index is 0.000000129. The van der Waals surface area contributed by atoms with Crippen LogP contribution in [-0.4, -0.2) is 209 Å². The molecule has 4 amide bonds. The number of amides is 4. The van der Waals surface area contributed by atoms with Crippen LogP contribution in [0.25, 0.3) is 0 Å². The fourth-order valence-electron chi connectivity index (χ4n) is 16.9. The van der Waals surface area contributed by atoms with Crippen LogP contribution in [0.2, 0.25) is 0 Å². The van der Waals surface area contributed by atoms with Crippen LogP contribution in [0.3, 0.4) is 0 Å². The molecular weight excluding hydrogens is 1730 g/mol. The Morgan fingerprint density at radius 1 is 0.289 bits per heavy atom. The third kappa shape index (κ3) is 20.9. The average molecular weight is 1820 g/mol. The van der Waals surface area contributed by atoms with Crippen LogP contribution in [0.15, 0.2) is 306 Å². The van der Waals surface area contributed by atoms with Gasteiger partial charge in [0.2, 0.25) is 52.0 Å². The molecule has 0 aromatic heterocycles. The fourth-order valence-corrected chi connectivity index (χ4v) is 17.8.